The van der Waals surface area contributed by atoms with Crippen LogP contribution in [0.25, 0.3) is 0 Å². The summed E-state index contributed by atoms with van der Waals surface area (Å²) in [6.45, 7) is 0. The molecule has 3 nitrogen and oxygen atoms in total. The Kier molecular flexibility index (Phi) is 5.11. The fourth-order valence-electron chi connectivity index (χ4n) is 2.86. The summed E-state index contributed by atoms with van der Waals surface area (Å²) in [5, 5.41) is 9.73. The lowest BCUT2D eigenvalue weighted by molar-refractivity contribution is -0.137. The van der Waals surface area contributed by atoms with Gasteiger partial charge in [0.25, 0.3) is 0 Å². The fourth-order valence-corrected chi connectivity index (χ4v) is 3.74. The quantitative estimate of drug-likeness (QED) is 0.835. The van der Waals surface area contributed by atoms with Crippen LogP contribution in [0.5, 0.6) is 0 Å². The SMILES string of the molecule is CSc1ccc(C(CC(=O)O)C2CCCC2=O)cc1Cl. The number of hydrogen-bond donors (Lipinski definition) is 1. The van der Waals surface area contributed by atoms with Gasteiger partial charge in [-0.1, -0.05) is 17.7 Å². The number of Topliss-reactive ketones (excluding diaryl/α,β-unsaturated/α-hetero) is 1. The van der Waals surface area contributed by atoms with Gasteiger partial charge in [-0.15, -0.1) is 11.8 Å². The van der Waals surface area contributed by atoms with Crippen molar-refractivity contribution in [1.29, 1.82) is 0 Å². The summed E-state index contributed by atoms with van der Waals surface area (Å²) in [6.07, 6.45) is 4.12. The minimum atomic E-state index is -0.875. The molecule has 2 unspecified atom stereocenters. The van der Waals surface area contributed by atoms with Crippen LogP contribution in [0.15, 0.2) is 23.1 Å². The number of halogens is 1. The summed E-state index contributed by atoms with van der Waals surface area (Å²) >= 11 is 7.75. The van der Waals surface area contributed by atoms with E-state index >= 15 is 0 Å². The Morgan fingerprint density at radius 2 is 2.30 bits per heavy atom. The van der Waals surface area contributed by atoms with Crippen LogP contribution < -0.4 is 0 Å². The average molecular weight is 313 g/mol. The van der Waals surface area contributed by atoms with E-state index in [0.717, 1.165) is 23.3 Å². The van der Waals surface area contributed by atoms with E-state index in [0.29, 0.717) is 11.4 Å². The van der Waals surface area contributed by atoms with E-state index in [9.17, 15) is 9.59 Å². The molecule has 2 atom stereocenters. The molecule has 0 amide bonds. The maximum atomic E-state index is 11.9. The molecule has 5 heteroatoms. The molecule has 0 saturated heterocycles. The molecule has 2 rings (SSSR count). The monoisotopic (exact) mass is 312 g/mol. The third-order valence-corrected chi connectivity index (χ3v) is 5.06. The van der Waals surface area contributed by atoms with Crippen LogP contribution in [0.3, 0.4) is 0 Å². The lowest BCUT2D eigenvalue weighted by Crippen LogP contribution is -2.20. The highest BCUT2D eigenvalue weighted by molar-refractivity contribution is 7.98. The molecule has 0 aliphatic heterocycles. The van der Waals surface area contributed by atoms with Crippen molar-refractivity contribution in [2.75, 3.05) is 6.26 Å². The van der Waals surface area contributed by atoms with E-state index in [1.807, 2.05) is 24.5 Å². The molecule has 1 N–H and O–H groups in total. The number of ketones is 1. The third-order valence-electron chi connectivity index (χ3n) is 3.84. The van der Waals surface area contributed by atoms with Crippen molar-refractivity contribution in [1.82, 2.24) is 0 Å². The van der Waals surface area contributed by atoms with Crippen molar-refractivity contribution >= 4 is 35.1 Å². The van der Waals surface area contributed by atoms with E-state index in [1.54, 1.807) is 11.8 Å². The number of hydrogen-bond acceptors (Lipinski definition) is 3. The number of benzene rings is 1. The molecular weight excluding hydrogens is 296 g/mol. The predicted molar refractivity (Wildman–Crippen MR) is 80.6 cm³/mol. The maximum absolute atomic E-state index is 11.9. The second-order valence-electron chi connectivity index (χ2n) is 5.06. The fraction of sp³-hybridized carbons (Fsp3) is 0.467. The van der Waals surface area contributed by atoms with Crippen LogP contribution in [-0.4, -0.2) is 23.1 Å². The second-order valence-corrected chi connectivity index (χ2v) is 6.32. The van der Waals surface area contributed by atoms with Crippen LogP contribution in [0.2, 0.25) is 5.02 Å². The average Bonchev–Trinajstić information content (AvgIpc) is 2.82. The van der Waals surface area contributed by atoms with E-state index in [1.165, 1.54) is 0 Å². The number of carbonyl (C=O) groups is 2. The largest absolute Gasteiger partial charge is 0.481 e. The molecule has 0 spiro atoms. The zero-order valence-electron chi connectivity index (χ0n) is 11.3. The molecule has 0 aromatic heterocycles. The van der Waals surface area contributed by atoms with Gasteiger partial charge in [0.2, 0.25) is 0 Å². The normalized spacial score (nSPS) is 20.1. The number of rotatable bonds is 5. The minimum absolute atomic E-state index is 0.0225. The molecule has 0 bridgehead atoms. The second kappa shape index (κ2) is 6.64. The standard InChI is InChI=1S/C15H17ClO3S/c1-20-14-6-5-9(7-12(14)16)11(8-15(18)19)10-3-2-4-13(10)17/h5-7,10-11H,2-4,8H2,1H3,(H,18,19). The number of aliphatic carboxylic acids is 1. The number of carboxylic acids is 1. The van der Waals surface area contributed by atoms with Gasteiger partial charge < -0.3 is 5.11 Å². The van der Waals surface area contributed by atoms with E-state index in [-0.39, 0.29) is 24.0 Å². The first-order valence-corrected chi connectivity index (χ1v) is 8.21. The molecule has 1 aromatic carbocycles. The lowest BCUT2D eigenvalue weighted by atomic mass is 9.82. The summed E-state index contributed by atoms with van der Waals surface area (Å²) in [6, 6.07) is 5.61. The predicted octanol–water partition coefficient (Wildman–Crippen LogP) is 3.99. The van der Waals surface area contributed by atoms with Crippen LogP contribution in [-0.2, 0) is 9.59 Å². The van der Waals surface area contributed by atoms with Gasteiger partial charge in [0.1, 0.15) is 5.78 Å². The Hall–Kier alpha value is -1.00. The topological polar surface area (TPSA) is 54.4 Å². The molecule has 1 aromatic rings. The van der Waals surface area contributed by atoms with Gasteiger partial charge in [0, 0.05) is 23.2 Å². The van der Waals surface area contributed by atoms with Crippen LogP contribution in [0.4, 0.5) is 0 Å². The van der Waals surface area contributed by atoms with Gasteiger partial charge in [0.15, 0.2) is 0 Å². The van der Waals surface area contributed by atoms with Crippen LogP contribution >= 0.6 is 23.4 Å². The highest BCUT2D eigenvalue weighted by Gasteiger charge is 2.34. The summed E-state index contributed by atoms with van der Waals surface area (Å²) < 4.78 is 0. The number of carboxylic acid groups (broad SMARTS) is 1. The zero-order valence-corrected chi connectivity index (χ0v) is 12.8. The molecule has 1 aliphatic carbocycles. The van der Waals surface area contributed by atoms with Crippen molar-refractivity contribution in [3.8, 4) is 0 Å². The molecule has 108 valence electrons. The van der Waals surface area contributed by atoms with Gasteiger partial charge >= 0.3 is 5.97 Å². The molecule has 0 radical (unpaired) electrons. The summed E-state index contributed by atoms with van der Waals surface area (Å²) in [5.74, 6) is -1.14. The Labute approximate surface area is 127 Å². The lowest BCUT2D eigenvalue weighted by Gasteiger charge is -2.22. The molecule has 1 aliphatic rings. The molecule has 1 saturated carbocycles. The highest BCUT2D eigenvalue weighted by atomic mass is 35.5. The van der Waals surface area contributed by atoms with Gasteiger partial charge in [0.05, 0.1) is 11.4 Å². The van der Waals surface area contributed by atoms with E-state index in [2.05, 4.69) is 0 Å². The van der Waals surface area contributed by atoms with Crippen molar-refractivity contribution < 1.29 is 14.7 Å². The molecule has 0 heterocycles. The Morgan fingerprint density at radius 3 is 2.80 bits per heavy atom. The summed E-state index contributed by atoms with van der Waals surface area (Å²) in [7, 11) is 0. The Bertz CT molecular complexity index is 530. The molecular formula is C15H17ClO3S. The van der Waals surface area contributed by atoms with Gasteiger partial charge in [-0.3, -0.25) is 9.59 Å². The van der Waals surface area contributed by atoms with E-state index in [4.69, 9.17) is 16.7 Å². The van der Waals surface area contributed by atoms with Crippen LogP contribution in [0.1, 0.15) is 37.2 Å². The number of carbonyl (C=O) groups excluding carboxylic acids is 1. The first-order valence-electron chi connectivity index (χ1n) is 6.61. The van der Waals surface area contributed by atoms with Gasteiger partial charge in [-0.25, -0.2) is 0 Å². The first kappa shape index (κ1) is 15.4. The van der Waals surface area contributed by atoms with Gasteiger partial charge in [-0.2, -0.15) is 0 Å². The van der Waals surface area contributed by atoms with Crippen LogP contribution in [0, 0.1) is 5.92 Å². The van der Waals surface area contributed by atoms with Crippen molar-refractivity contribution in [3.63, 3.8) is 0 Å². The first-order chi connectivity index (χ1) is 9.52. The highest BCUT2D eigenvalue weighted by Crippen LogP contribution is 2.39. The summed E-state index contributed by atoms with van der Waals surface area (Å²) in [4.78, 5) is 24.0. The minimum Gasteiger partial charge on any atom is -0.481 e. The van der Waals surface area contributed by atoms with Gasteiger partial charge in [-0.05, 0) is 36.8 Å². The van der Waals surface area contributed by atoms with Crippen molar-refractivity contribution in [2.45, 2.75) is 36.5 Å². The van der Waals surface area contributed by atoms with E-state index < -0.39 is 5.97 Å². The Balaban J connectivity index is 2.33. The smallest absolute Gasteiger partial charge is 0.303 e. The number of thioether (sulfide) groups is 1. The van der Waals surface area contributed by atoms with Crippen molar-refractivity contribution in [2.24, 2.45) is 5.92 Å². The molecule has 20 heavy (non-hydrogen) atoms. The summed E-state index contributed by atoms with van der Waals surface area (Å²) in [5.41, 5.74) is 0.857. The maximum Gasteiger partial charge on any atom is 0.303 e. The van der Waals surface area contributed by atoms with Crippen molar-refractivity contribution in [3.05, 3.63) is 28.8 Å². The Morgan fingerprint density at radius 1 is 1.55 bits per heavy atom. The molecule has 1 fully saturated rings. The zero-order chi connectivity index (χ0) is 14.7. The third kappa shape index (κ3) is 3.36.